The van der Waals surface area contributed by atoms with Gasteiger partial charge in [-0.2, -0.15) is 0 Å². The molecule has 2 heterocycles. The molecule has 0 bridgehead atoms. The minimum Gasteiger partial charge on any atom is -0.370 e. The second kappa shape index (κ2) is 4.88. The van der Waals surface area contributed by atoms with E-state index in [1.807, 2.05) is 19.2 Å². The normalized spacial score (nSPS) is 22.3. The summed E-state index contributed by atoms with van der Waals surface area (Å²) in [5.41, 5.74) is 8.41. The molecule has 1 aliphatic heterocycles. The van der Waals surface area contributed by atoms with Crippen molar-refractivity contribution in [1.29, 1.82) is 0 Å². The van der Waals surface area contributed by atoms with Gasteiger partial charge in [0.2, 0.25) is 0 Å². The summed E-state index contributed by atoms with van der Waals surface area (Å²) in [5, 5.41) is 0. The Morgan fingerprint density at radius 1 is 1.39 bits per heavy atom. The van der Waals surface area contributed by atoms with E-state index in [9.17, 15) is 0 Å². The monoisotopic (exact) mass is 247 g/mol. The van der Waals surface area contributed by atoms with Crippen LogP contribution in [0.2, 0.25) is 0 Å². The molecule has 0 aromatic carbocycles. The minimum atomic E-state index is 0.0138. The molecule has 1 fully saturated rings. The van der Waals surface area contributed by atoms with Crippen LogP contribution in [0.5, 0.6) is 0 Å². The van der Waals surface area contributed by atoms with Crippen molar-refractivity contribution >= 4 is 5.69 Å². The van der Waals surface area contributed by atoms with Crippen LogP contribution in [0, 0.1) is 11.3 Å². The number of nitrogens with two attached hydrogens (primary N) is 1. The van der Waals surface area contributed by atoms with Crippen molar-refractivity contribution < 1.29 is 0 Å². The molecule has 1 aliphatic rings. The van der Waals surface area contributed by atoms with Gasteiger partial charge in [-0.05, 0) is 36.8 Å². The zero-order chi connectivity index (χ0) is 13.3. The van der Waals surface area contributed by atoms with Gasteiger partial charge in [0, 0.05) is 19.1 Å². The van der Waals surface area contributed by atoms with Crippen molar-refractivity contribution in [3.8, 4) is 0 Å². The minimum absolute atomic E-state index is 0.0138. The molecule has 100 valence electrons. The lowest BCUT2D eigenvalue weighted by atomic mass is 9.80. The maximum atomic E-state index is 5.82. The summed E-state index contributed by atoms with van der Waals surface area (Å²) < 4.78 is 0. The third-order valence-electron chi connectivity index (χ3n) is 4.02. The van der Waals surface area contributed by atoms with E-state index in [1.165, 1.54) is 12.1 Å². The van der Waals surface area contributed by atoms with Crippen molar-refractivity contribution in [3.05, 3.63) is 24.0 Å². The van der Waals surface area contributed by atoms with Gasteiger partial charge in [0.25, 0.3) is 0 Å². The second-order valence-electron chi connectivity index (χ2n) is 6.53. The van der Waals surface area contributed by atoms with Crippen molar-refractivity contribution in [3.63, 3.8) is 0 Å². The van der Waals surface area contributed by atoms with Crippen molar-refractivity contribution in [2.75, 3.05) is 18.0 Å². The van der Waals surface area contributed by atoms with Crippen molar-refractivity contribution in [2.24, 2.45) is 17.1 Å². The first-order valence-electron chi connectivity index (χ1n) is 6.84. The fourth-order valence-corrected chi connectivity index (χ4v) is 2.56. The lowest BCUT2D eigenvalue weighted by Gasteiger charge is -2.27. The number of nitrogens with zero attached hydrogens (tertiary/aromatic N) is 2. The SMILES string of the molecule is C[C@H](N)c1ccc(N2CCC(C(C)(C)C)C2)cn1. The maximum absolute atomic E-state index is 5.82. The highest BCUT2D eigenvalue weighted by atomic mass is 15.2. The largest absolute Gasteiger partial charge is 0.370 e. The Bertz CT molecular complexity index is 389. The van der Waals surface area contributed by atoms with Gasteiger partial charge in [-0.25, -0.2) is 0 Å². The molecule has 0 radical (unpaired) electrons. The Labute approximate surface area is 110 Å². The third-order valence-corrected chi connectivity index (χ3v) is 4.02. The van der Waals surface area contributed by atoms with Gasteiger partial charge in [0.05, 0.1) is 17.6 Å². The number of hydrogen-bond donors (Lipinski definition) is 1. The van der Waals surface area contributed by atoms with Gasteiger partial charge in [-0.3, -0.25) is 4.98 Å². The molecule has 0 aliphatic carbocycles. The predicted octanol–water partition coefficient (Wildman–Crippen LogP) is 2.97. The van der Waals surface area contributed by atoms with Crippen molar-refractivity contribution in [1.82, 2.24) is 4.98 Å². The van der Waals surface area contributed by atoms with E-state index in [0.717, 1.165) is 24.7 Å². The number of hydrogen-bond acceptors (Lipinski definition) is 3. The van der Waals surface area contributed by atoms with Crippen LogP contribution in [0.3, 0.4) is 0 Å². The molecule has 1 aromatic rings. The highest BCUT2D eigenvalue weighted by Crippen LogP contribution is 2.35. The Hall–Kier alpha value is -1.09. The topological polar surface area (TPSA) is 42.1 Å². The first-order chi connectivity index (χ1) is 8.38. The van der Waals surface area contributed by atoms with Gasteiger partial charge < -0.3 is 10.6 Å². The van der Waals surface area contributed by atoms with E-state index in [0.29, 0.717) is 5.41 Å². The van der Waals surface area contributed by atoms with E-state index in [-0.39, 0.29) is 6.04 Å². The van der Waals surface area contributed by atoms with Crippen LogP contribution in [0.25, 0.3) is 0 Å². The molecule has 2 rings (SSSR count). The van der Waals surface area contributed by atoms with Crippen LogP contribution in [0.4, 0.5) is 5.69 Å². The van der Waals surface area contributed by atoms with Crippen LogP contribution < -0.4 is 10.6 Å². The Morgan fingerprint density at radius 2 is 2.11 bits per heavy atom. The smallest absolute Gasteiger partial charge is 0.0569 e. The van der Waals surface area contributed by atoms with E-state index < -0.39 is 0 Å². The fraction of sp³-hybridized carbons (Fsp3) is 0.667. The number of rotatable bonds is 2. The first kappa shape index (κ1) is 13.3. The average Bonchev–Trinajstić information content (AvgIpc) is 2.78. The second-order valence-corrected chi connectivity index (χ2v) is 6.53. The van der Waals surface area contributed by atoms with Crippen molar-refractivity contribution in [2.45, 2.75) is 40.2 Å². The summed E-state index contributed by atoms with van der Waals surface area (Å²) in [4.78, 5) is 6.88. The summed E-state index contributed by atoms with van der Waals surface area (Å²) in [5.74, 6) is 0.769. The molecule has 0 spiro atoms. The molecule has 1 aromatic heterocycles. The van der Waals surface area contributed by atoms with E-state index in [1.54, 1.807) is 0 Å². The lowest BCUT2D eigenvalue weighted by Crippen LogP contribution is -2.25. The van der Waals surface area contributed by atoms with Gasteiger partial charge in [-0.1, -0.05) is 20.8 Å². The molecule has 1 saturated heterocycles. The molecule has 0 amide bonds. The Balaban J connectivity index is 2.05. The van der Waals surface area contributed by atoms with Gasteiger partial charge in [-0.15, -0.1) is 0 Å². The zero-order valence-electron chi connectivity index (χ0n) is 12.0. The summed E-state index contributed by atoms with van der Waals surface area (Å²) >= 11 is 0. The number of anilines is 1. The van der Waals surface area contributed by atoms with Gasteiger partial charge in [0.1, 0.15) is 0 Å². The van der Waals surface area contributed by atoms with Crippen LogP contribution in [0.1, 0.15) is 45.9 Å². The Kier molecular flexibility index (Phi) is 3.62. The standard InChI is InChI=1S/C15H25N3/c1-11(16)14-6-5-13(9-17-14)18-8-7-12(10-18)15(2,3)4/h5-6,9,11-12H,7-8,10,16H2,1-4H3/t11-,12?/m0/s1. The van der Waals surface area contributed by atoms with Crippen LogP contribution in [-0.4, -0.2) is 18.1 Å². The van der Waals surface area contributed by atoms with E-state index in [2.05, 4.69) is 36.7 Å². The molecule has 18 heavy (non-hydrogen) atoms. The summed E-state index contributed by atoms with van der Waals surface area (Å²) in [6, 6.07) is 4.21. The molecular formula is C15H25N3. The zero-order valence-corrected chi connectivity index (χ0v) is 12.0. The predicted molar refractivity (Wildman–Crippen MR) is 76.6 cm³/mol. The summed E-state index contributed by atoms with van der Waals surface area (Å²) in [7, 11) is 0. The highest BCUT2D eigenvalue weighted by Gasteiger charge is 2.31. The molecule has 3 nitrogen and oxygen atoms in total. The highest BCUT2D eigenvalue weighted by molar-refractivity contribution is 5.46. The van der Waals surface area contributed by atoms with Crippen LogP contribution in [0.15, 0.2) is 18.3 Å². The molecule has 0 saturated carbocycles. The molecule has 3 heteroatoms. The maximum Gasteiger partial charge on any atom is 0.0569 e. The van der Waals surface area contributed by atoms with Crippen LogP contribution >= 0.6 is 0 Å². The number of aromatic nitrogens is 1. The van der Waals surface area contributed by atoms with Gasteiger partial charge in [0.15, 0.2) is 0 Å². The molecule has 2 atom stereocenters. The quantitative estimate of drug-likeness (QED) is 0.873. The van der Waals surface area contributed by atoms with E-state index >= 15 is 0 Å². The number of pyridine rings is 1. The van der Waals surface area contributed by atoms with Crippen LogP contribution in [-0.2, 0) is 0 Å². The molecule has 1 unspecified atom stereocenters. The average molecular weight is 247 g/mol. The first-order valence-corrected chi connectivity index (χ1v) is 6.84. The summed E-state index contributed by atoms with van der Waals surface area (Å²) in [6.07, 6.45) is 3.24. The molecule has 2 N–H and O–H groups in total. The summed E-state index contributed by atoms with van der Waals surface area (Å²) in [6.45, 7) is 11.2. The fourth-order valence-electron chi connectivity index (χ4n) is 2.56. The van der Waals surface area contributed by atoms with Gasteiger partial charge >= 0.3 is 0 Å². The lowest BCUT2D eigenvalue weighted by molar-refractivity contribution is 0.263. The Morgan fingerprint density at radius 3 is 2.56 bits per heavy atom. The van der Waals surface area contributed by atoms with E-state index in [4.69, 9.17) is 5.73 Å². The third kappa shape index (κ3) is 2.83. The molecular weight excluding hydrogens is 222 g/mol.